The first-order valence-corrected chi connectivity index (χ1v) is 7.74. The van der Waals surface area contributed by atoms with Gasteiger partial charge in [-0.2, -0.15) is 11.8 Å². The van der Waals surface area contributed by atoms with Crippen LogP contribution in [0, 0.1) is 0 Å². The van der Waals surface area contributed by atoms with Gasteiger partial charge in [-0.1, -0.05) is 35.3 Å². The summed E-state index contributed by atoms with van der Waals surface area (Å²) in [5.41, 5.74) is 0. The first-order valence-electron chi connectivity index (χ1n) is 5.83. The maximum atomic E-state index is 6.23. The molecule has 1 saturated heterocycles. The first kappa shape index (κ1) is 12.4. The van der Waals surface area contributed by atoms with E-state index in [4.69, 9.17) is 23.2 Å². The van der Waals surface area contributed by atoms with E-state index in [1.54, 1.807) is 0 Å². The topological polar surface area (TPSA) is 16.1 Å². The number of hydrogen-bond acceptors (Lipinski definition) is 3. The number of nitrogens with zero attached hydrogens (tertiary/aromatic N) is 2. The number of rotatable bonds is 1. The Morgan fingerprint density at radius 1 is 1.11 bits per heavy atom. The summed E-state index contributed by atoms with van der Waals surface area (Å²) < 4.78 is 0. The largest absolute Gasteiger partial charge is 0.354 e. The van der Waals surface area contributed by atoms with E-state index in [9.17, 15) is 0 Å². The summed E-state index contributed by atoms with van der Waals surface area (Å²) in [4.78, 5) is 6.78. The van der Waals surface area contributed by atoms with Gasteiger partial charge in [0.1, 0.15) is 11.0 Å². The highest BCUT2D eigenvalue weighted by atomic mass is 35.5. The molecule has 1 aromatic heterocycles. The van der Waals surface area contributed by atoms with Crippen molar-refractivity contribution in [2.45, 2.75) is 0 Å². The van der Waals surface area contributed by atoms with Crippen molar-refractivity contribution in [2.24, 2.45) is 0 Å². The summed E-state index contributed by atoms with van der Waals surface area (Å²) in [5.74, 6) is 3.23. The van der Waals surface area contributed by atoms with Crippen molar-refractivity contribution in [1.82, 2.24) is 4.98 Å². The second kappa shape index (κ2) is 5.16. The summed E-state index contributed by atoms with van der Waals surface area (Å²) in [6, 6.07) is 7.74. The predicted octanol–water partition coefficient (Wildman–Crippen LogP) is 4.09. The van der Waals surface area contributed by atoms with Crippen molar-refractivity contribution in [3.8, 4) is 0 Å². The van der Waals surface area contributed by atoms with Crippen LogP contribution in [-0.4, -0.2) is 29.6 Å². The van der Waals surface area contributed by atoms with Gasteiger partial charge in [-0.3, -0.25) is 0 Å². The molecule has 18 heavy (non-hydrogen) atoms. The number of thioether (sulfide) groups is 1. The molecule has 3 rings (SSSR count). The molecule has 1 aliphatic rings. The van der Waals surface area contributed by atoms with Crippen molar-refractivity contribution in [3.63, 3.8) is 0 Å². The first-order chi connectivity index (χ1) is 8.75. The number of pyridine rings is 1. The molecule has 1 aliphatic heterocycles. The molecule has 0 radical (unpaired) electrons. The molecule has 0 N–H and O–H groups in total. The van der Waals surface area contributed by atoms with E-state index in [0.29, 0.717) is 5.15 Å². The number of benzene rings is 1. The van der Waals surface area contributed by atoms with Gasteiger partial charge >= 0.3 is 0 Å². The molecular weight excluding hydrogens is 287 g/mol. The molecule has 0 saturated carbocycles. The molecule has 0 spiro atoms. The van der Waals surface area contributed by atoms with Crippen LogP contribution in [0.5, 0.6) is 0 Å². The zero-order valence-electron chi connectivity index (χ0n) is 9.70. The third kappa shape index (κ3) is 2.27. The van der Waals surface area contributed by atoms with Crippen molar-refractivity contribution in [1.29, 1.82) is 0 Å². The lowest BCUT2D eigenvalue weighted by molar-refractivity contribution is 0.845. The Morgan fingerprint density at radius 2 is 1.89 bits per heavy atom. The fourth-order valence-corrected chi connectivity index (χ4v) is 3.53. The van der Waals surface area contributed by atoms with Gasteiger partial charge in [0.2, 0.25) is 0 Å². The van der Waals surface area contributed by atoms with E-state index >= 15 is 0 Å². The van der Waals surface area contributed by atoms with Crippen molar-refractivity contribution >= 4 is 51.6 Å². The van der Waals surface area contributed by atoms with E-state index in [0.717, 1.165) is 46.2 Å². The SMILES string of the molecule is Clc1cc2c(Cl)cccc2c(N2CCSCC2)n1. The minimum atomic E-state index is 0.504. The highest BCUT2D eigenvalue weighted by Gasteiger charge is 2.16. The van der Waals surface area contributed by atoms with Gasteiger partial charge in [0.25, 0.3) is 0 Å². The van der Waals surface area contributed by atoms with Gasteiger partial charge in [0, 0.05) is 40.4 Å². The van der Waals surface area contributed by atoms with Crippen LogP contribution in [0.15, 0.2) is 24.3 Å². The lowest BCUT2D eigenvalue weighted by Gasteiger charge is -2.28. The van der Waals surface area contributed by atoms with E-state index < -0.39 is 0 Å². The average molecular weight is 299 g/mol. The Morgan fingerprint density at radius 3 is 2.67 bits per heavy atom. The second-order valence-electron chi connectivity index (χ2n) is 4.20. The van der Waals surface area contributed by atoms with Crippen LogP contribution in [0.1, 0.15) is 0 Å². The van der Waals surface area contributed by atoms with Crippen LogP contribution in [-0.2, 0) is 0 Å². The summed E-state index contributed by atoms with van der Waals surface area (Å²) in [7, 11) is 0. The summed E-state index contributed by atoms with van der Waals surface area (Å²) >= 11 is 14.3. The highest BCUT2D eigenvalue weighted by molar-refractivity contribution is 7.99. The standard InChI is InChI=1S/C13H12Cl2N2S/c14-11-3-1-2-9-10(11)8-12(15)16-13(9)17-4-6-18-7-5-17/h1-3,8H,4-7H2. The number of halogens is 2. The molecule has 2 nitrogen and oxygen atoms in total. The van der Waals surface area contributed by atoms with Gasteiger partial charge in [-0.25, -0.2) is 4.98 Å². The maximum absolute atomic E-state index is 6.23. The van der Waals surface area contributed by atoms with Crippen LogP contribution < -0.4 is 4.90 Å². The van der Waals surface area contributed by atoms with E-state index in [2.05, 4.69) is 16.0 Å². The summed E-state index contributed by atoms with van der Waals surface area (Å²) in [6.07, 6.45) is 0. The van der Waals surface area contributed by atoms with E-state index in [1.165, 1.54) is 0 Å². The molecular formula is C13H12Cl2N2S. The predicted molar refractivity (Wildman–Crippen MR) is 81.3 cm³/mol. The highest BCUT2D eigenvalue weighted by Crippen LogP contribution is 2.33. The van der Waals surface area contributed by atoms with Crippen molar-refractivity contribution in [2.75, 3.05) is 29.5 Å². The van der Waals surface area contributed by atoms with Crippen LogP contribution >= 0.6 is 35.0 Å². The number of aromatic nitrogens is 1. The maximum Gasteiger partial charge on any atom is 0.138 e. The van der Waals surface area contributed by atoms with E-state index in [-0.39, 0.29) is 0 Å². The quantitative estimate of drug-likeness (QED) is 0.738. The number of fused-ring (bicyclic) bond motifs is 1. The third-order valence-corrected chi connectivity index (χ3v) is 4.55. The summed E-state index contributed by atoms with van der Waals surface area (Å²) in [5, 5.41) is 3.29. The van der Waals surface area contributed by atoms with Gasteiger partial charge in [-0.05, 0) is 12.1 Å². The summed E-state index contributed by atoms with van der Waals surface area (Å²) in [6.45, 7) is 2.03. The minimum Gasteiger partial charge on any atom is -0.354 e. The fraction of sp³-hybridized carbons (Fsp3) is 0.308. The second-order valence-corrected chi connectivity index (χ2v) is 6.22. The normalized spacial score (nSPS) is 16.2. The van der Waals surface area contributed by atoms with Crippen molar-refractivity contribution < 1.29 is 0 Å². The lowest BCUT2D eigenvalue weighted by Crippen LogP contribution is -2.33. The van der Waals surface area contributed by atoms with Gasteiger partial charge in [0.05, 0.1) is 0 Å². The van der Waals surface area contributed by atoms with Crippen molar-refractivity contribution in [3.05, 3.63) is 34.4 Å². The monoisotopic (exact) mass is 298 g/mol. The molecule has 0 amide bonds. The minimum absolute atomic E-state index is 0.504. The Bertz CT molecular complexity index is 582. The molecule has 0 unspecified atom stereocenters. The molecule has 1 fully saturated rings. The van der Waals surface area contributed by atoms with E-state index in [1.807, 2.05) is 30.0 Å². The zero-order valence-corrected chi connectivity index (χ0v) is 12.0. The van der Waals surface area contributed by atoms with Gasteiger partial charge in [-0.15, -0.1) is 0 Å². The molecule has 5 heteroatoms. The molecule has 0 bridgehead atoms. The third-order valence-electron chi connectivity index (χ3n) is 3.08. The lowest BCUT2D eigenvalue weighted by atomic mass is 10.1. The molecule has 0 aliphatic carbocycles. The van der Waals surface area contributed by atoms with Gasteiger partial charge < -0.3 is 4.90 Å². The molecule has 94 valence electrons. The Kier molecular flexibility index (Phi) is 3.55. The Labute approximate surface area is 120 Å². The molecule has 0 atom stereocenters. The van der Waals surface area contributed by atoms with Crippen LogP contribution in [0.25, 0.3) is 10.8 Å². The number of hydrogen-bond donors (Lipinski definition) is 0. The fourth-order valence-electron chi connectivity index (χ4n) is 2.21. The van der Waals surface area contributed by atoms with Crippen LogP contribution in [0.2, 0.25) is 10.2 Å². The average Bonchev–Trinajstić information content (AvgIpc) is 2.40. The Hall–Kier alpha value is -0.640. The Balaban J connectivity index is 2.18. The smallest absolute Gasteiger partial charge is 0.138 e. The molecule has 2 aromatic rings. The van der Waals surface area contributed by atoms with Crippen LogP contribution in [0.4, 0.5) is 5.82 Å². The zero-order chi connectivity index (χ0) is 12.5. The van der Waals surface area contributed by atoms with Crippen LogP contribution in [0.3, 0.4) is 0 Å². The molecule has 1 aromatic carbocycles. The number of anilines is 1. The van der Waals surface area contributed by atoms with Gasteiger partial charge in [0.15, 0.2) is 0 Å². The molecule has 2 heterocycles.